The number of benzene rings is 2. The van der Waals surface area contributed by atoms with Crippen molar-refractivity contribution in [1.82, 2.24) is 0 Å². The summed E-state index contributed by atoms with van der Waals surface area (Å²) < 4.78 is 5.71. The normalized spacial score (nSPS) is 9.40. The van der Waals surface area contributed by atoms with Crippen molar-refractivity contribution in [1.29, 1.82) is 10.5 Å². The van der Waals surface area contributed by atoms with Crippen LogP contribution in [-0.4, -0.2) is 10.9 Å². The molecule has 25 heavy (non-hydrogen) atoms. The molecular weight excluding hydrogens is 318 g/mol. The third-order valence-electron chi connectivity index (χ3n) is 3.36. The molecule has 0 saturated carbocycles. The van der Waals surface area contributed by atoms with Crippen molar-refractivity contribution < 1.29 is 14.6 Å². The second kappa shape index (κ2) is 8.19. The van der Waals surface area contributed by atoms with Crippen LogP contribution in [0, 0.1) is 22.7 Å². The van der Waals surface area contributed by atoms with Crippen LogP contribution in [0.4, 0.5) is 5.69 Å². The molecule has 0 aliphatic heterocycles. The molecular formula is C19H15N3O3. The van der Waals surface area contributed by atoms with Crippen molar-refractivity contribution in [3.63, 3.8) is 0 Å². The van der Waals surface area contributed by atoms with Crippen LogP contribution < -0.4 is 10.1 Å². The summed E-state index contributed by atoms with van der Waals surface area (Å²) in [5, 5.41) is 30.6. The maximum Gasteiger partial charge on any atom is 0.163 e. The van der Waals surface area contributed by atoms with E-state index in [0.29, 0.717) is 0 Å². The van der Waals surface area contributed by atoms with Gasteiger partial charge in [-0.1, -0.05) is 30.3 Å². The lowest BCUT2D eigenvalue weighted by molar-refractivity contribution is 0.101. The molecule has 0 saturated heterocycles. The summed E-state index contributed by atoms with van der Waals surface area (Å²) in [7, 11) is 0. The van der Waals surface area contributed by atoms with E-state index in [4.69, 9.17) is 15.3 Å². The largest absolute Gasteiger partial charge is 0.505 e. The summed E-state index contributed by atoms with van der Waals surface area (Å²) in [5.41, 5.74) is 0.973. The molecule has 0 unspecified atom stereocenters. The standard InChI is InChI=1S/C19H15N3O3/c1-13(23)16-7-8-17(25-12-14-5-3-2-4-6-14)18(19(16)24)22-11-15(9-20)10-21/h2-8,11,22,24H,12H2,1H3. The number of anilines is 1. The predicted octanol–water partition coefficient (Wildman–Crippen LogP) is 3.52. The minimum Gasteiger partial charge on any atom is -0.505 e. The van der Waals surface area contributed by atoms with Crippen LogP contribution in [0.15, 0.2) is 54.2 Å². The first-order valence-corrected chi connectivity index (χ1v) is 7.37. The van der Waals surface area contributed by atoms with E-state index in [0.717, 1.165) is 11.8 Å². The number of hydrogen-bond acceptors (Lipinski definition) is 6. The maximum absolute atomic E-state index is 11.6. The Morgan fingerprint density at radius 2 is 1.88 bits per heavy atom. The van der Waals surface area contributed by atoms with Gasteiger partial charge in [0, 0.05) is 6.20 Å². The molecule has 0 heterocycles. The van der Waals surface area contributed by atoms with E-state index < -0.39 is 0 Å². The van der Waals surface area contributed by atoms with Crippen LogP contribution in [0.1, 0.15) is 22.8 Å². The van der Waals surface area contributed by atoms with Gasteiger partial charge in [0.05, 0.1) is 5.56 Å². The Morgan fingerprint density at radius 1 is 1.20 bits per heavy atom. The number of aromatic hydroxyl groups is 1. The highest BCUT2D eigenvalue weighted by molar-refractivity contribution is 5.99. The Hall–Kier alpha value is -3.77. The number of carbonyl (C=O) groups excluding carboxylic acids is 1. The van der Waals surface area contributed by atoms with E-state index in [9.17, 15) is 9.90 Å². The summed E-state index contributed by atoms with van der Waals surface area (Å²) in [6, 6.07) is 15.8. The monoisotopic (exact) mass is 333 g/mol. The van der Waals surface area contributed by atoms with E-state index in [2.05, 4.69) is 5.32 Å². The molecule has 2 aromatic rings. The summed E-state index contributed by atoms with van der Waals surface area (Å²) in [6.45, 7) is 1.58. The zero-order valence-corrected chi connectivity index (χ0v) is 13.5. The fourth-order valence-corrected chi connectivity index (χ4v) is 2.09. The summed E-state index contributed by atoms with van der Waals surface area (Å²) in [5.74, 6) is -0.331. The highest BCUT2D eigenvalue weighted by atomic mass is 16.5. The van der Waals surface area contributed by atoms with E-state index in [1.807, 2.05) is 30.3 Å². The Bertz CT molecular complexity index is 875. The number of Topliss-reactive ketones (excluding diaryl/α,β-unsaturated/α-hetero) is 1. The Kier molecular flexibility index (Phi) is 5.76. The molecule has 0 bridgehead atoms. The van der Waals surface area contributed by atoms with Gasteiger partial charge < -0.3 is 15.2 Å². The van der Waals surface area contributed by atoms with Crippen LogP contribution in [0.3, 0.4) is 0 Å². The van der Waals surface area contributed by atoms with E-state index in [-0.39, 0.29) is 40.7 Å². The summed E-state index contributed by atoms with van der Waals surface area (Å²) in [6.07, 6.45) is 1.15. The Labute approximate surface area is 145 Å². The fourth-order valence-electron chi connectivity index (χ4n) is 2.09. The summed E-state index contributed by atoms with van der Waals surface area (Å²) >= 11 is 0. The number of hydrogen-bond donors (Lipinski definition) is 2. The molecule has 0 radical (unpaired) electrons. The molecule has 2 rings (SSSR count). The number of phenols is 1. The smallest absolute Gasteiger partial charge is 0.163 e. The molecule has 0 aliphatic carbocycles. The minimum absolute atomic E-state index is 0.110. The lowest BCUT2D eigenvalue weighted by atomic mass is 10.1. The van der Waals surface area contributed by atoms with Crippen LogP contribution in [0.2, 0.25) is 0 Å². The first kappa shape index (κ1) is 17.6. The molecule has 0 aliphatic rings. The second-order valence-electron chi connectivity index (χ2n) is 5.09. The average Bonchev–Trinajstić information content (AvgIpc) is 2.62. The zero-order valence-electron chi connectivity index (χ0n) is 13.5. The van der Waals surface area contributed by atoms with Crippen molar-refractivity contribution in [3.8, 4) is 23.6 Å². The highest BCUT2D eigenvalue weighted by Gasteiger charge is 2.16. The number of rotatable bonds is 6. The van der Waals surface area contributed by atoms with Crippen molar-refractivity contribution in [2.24, 2.45) is 0 Å². The molecule has 124 valence electrons. The second-order valence-corrected chi connectivity index (χ2v) is 5.09. The molecule has 0 spiro atoms. The summed E-state index contributed by atoms with van der Waals surface area (Å²) in [4.78, 5) is 11.6. The van der Waals surface area contributed by atoms with Gasteiger partial charge in [-0.2, -0.15) is 10.5 Å². The number of nitrogens with one attached hydrogen (secondary N) is 1. The molecule has 6 nitrogen and oxygen atoms in total. The van der Waals surface area contributed by atoms with E-state index in [1.54, 1.807) is 18.2 Å². The number of allylic oxidation sites excluding steroid dienone is 1. The third kappa shape index (κ3) is 4.37. The van der Waals surface area contributed by atoms with Crippen LogP contribution in [0.25, 0.3) is 0 Å². The molecule has 0 aromatic heterocycles. The van der Waals surface area contributed by atoms with Crippen LogP contribution in [0.5, 0.6) is 11.5 Å². The minimum atomic E-state index is -0.320. The van der Waals surface area contributed by atoms with Gasteiger partial charge in [0.1, 0.15) is 35.8 Å². The quantitative estimate of drug-likeness (QED) is 0.476. The highest BCUT2D eigenvalue weighted by Crippen LogP contribution is 2.37. The SMILES string of the molecule is CC(=O)c1ccc(OCc2ccccc2)c(NC=C(C#N)C#N)c1O. The molecule has 2 N–H and O–H groups in total. The molecule has 6 heteroatoms. The fraction of sp³-hybridized carbons (Fsp3) is 0.105. The van der Waals surface area contributed by atoms with E-state index >= 15 is 0 Å². The lowest BCUT2D eigenvalue weighted by Crippen LogP contribution is -2.02. The predicted molar refractivity (Wildman–Crippen MR) is 91.8 cm³/mol. The maximum atomic E-state index is 11.6. The van der Waals surface area contributed by atoms with Crippen LogP contribution >= 0.6 is 0 Å². The van der Waals surface area contributed by atoms with Crippen molar-refractivity contribution in [3.05, 3.63) is 65.4 Å². The van der Waals surface area contributed by atoms with Gasteiger partial charge in [-0.15, -0.1) is 0 Å². The van der Waals surface area contributed by atoms with Gasteiger partial charge in [-0.25, -0.2) is 0 Å². The number of nitriles is 2. The van der Waals surface area contributed by atoms with Gasteiger partial charge in [0.15, 0.2) is 11.5 Å². The van der Waals surface area contributed by atoms with Crippen LogP contribution in [-0.2, 0) is 6.61 Å². The van der Waals surface area contributed by atoms with Gasteiger partial charge in [-0.3, -0.25) is 4.79 Å². The van der Waals surface area contributed by atoms with Gasteiger partial charge in [-0.05, 0) is 24.6 Å². The van der Waals surface area contributed by atoms with E-state index in [1.165, 1.54) is 13.0 Å². The van der Waals surface area contributed by atoms with Crippen molar-refractivity contribution in [2.45, 2.75) is 13.5 Å². The zero-order chi connectivity index (χ0) is 18.2. The topological polar surface area (TPSA) is 106 Å². The number of nitrogens with zero attached hydrogens (tertiary/aromatic N) is 2. The van der Waals surface area contributed by atoms with Crippen molar-refractivity contribution >= 4 is 11.5 Å². The van der Waals surface area contributed by atoms with Crippen molar-refractivity contribution in [2.75, 3.05) is 5.32 Å². The number of ether oxygens (including phenoxy) is 1. The lowest BCUT2D eigenvalue weighted by Gasteiger charge is -2.15. The molecule has 0 fully saturated rings. The number of carbonyl (C=O) groups is 1. The Morgan fingerprint density at radius 3 is 2.48 bits per heavy atom. The molecule has 2 aromatic carbocycles. The first-order chi connectivity index (χ1) is 12.1. The average molecular weight is 333 g/mol. The number of ketones is 1. The third-order valence-corrected chi connectivity index (χ3v) is 3.36. The van der Waals surface area contributed by atoms with Gasteiger partial charge in [0.2, 0.25) is 0 Å². The van der Waals surface area contributed by atoms with Gasteiger partial charge >= 0.3 is 0 Å². The number of phenolic OH excluding ortho intramolecular Hbond substituents is 1. The Balaban J connectivity index is 2.36. The molecule has 0 amide bonds. The first-order valence-electron chi connectivity index (χ1n) is 7.37. The van der Waals surface area contributed by atoms with Gasteiger partial charge in [0.25, 0.3) is 0 Å². The molecule has 0 atom stereocenters.